The molecule has 580 valence electrons. The monoisotopic (exact) mass is 1500 g/mol. The first-order valence-corrected chi connectivity index (χ1v) is 35.4. The zero-order chi connectivity index (χ0) is 75.9. The summed E-state index contributed by atoms with van der Waals surface area (Å²) in [6, 6.07) is 37.0. The Kier molecular flexibility index (Phi) is 25.6. The van der Waals surface area contributed by atoms with Gasteiger partial charge in [0.25, 0.3) is 0 Å². The Morgan fingerprint density at radius 1 is 0.306 bits per heavy atom. The van der Waals surface area contributed by atoms with E-state index >= 15 is 0 Å². The summed E-state index contributed by atoms with van der Waals surface area (Å²) >= 11 is 0. The molecule has 6 aliphatic heterocycles. The molecule has 0 aliphatic carbocycles. The van der Waals surface area contributed by atoms with Crippen LogP contribution in [0.2, 0.25) is 0 Å². The number of rotatable bonds is 28. The first kappa shape index (κ1) is 78.1. The average Bonchev–Trinajstić information content (AvgIpc) is 1.63. The number of ether oxygens (including phenoxy) is 12. The lowest BCUT2D eigenvalue weighted by Crippen LogP contribution is -2.59. The Bertz CT molecular complexity index is 4120. The van der Waals surface area contributed by atoms with E-state index in [9.17, 15) is 81.7 Å². The SMILES string of the molecule is OC[C@H]1O[C@@H](OCCOc2cccc(-c3c4nc(c(-c5cccc(OCCO[C@@H]6O[C@H](CO)[C@@H](O)[C@H](O)[C@H]6O)c5)c5ccc([nH]5)c(-c5cccc(OCCO[C@@H]6O[C@H](CO)[C@@H](O)[C@H](O)[C@H]6O)c5)c5nc(c(-c6cccc(OCCO[C@@H]7O[C@H](CO)[C@@H](O)[C@H](O)[C@H]7O)c6)c6ccc3[nH]6)CC5)C=C4)c2)[C@H](O)[C@@H](O)[C@@H]1O. The van der Waals surface area contributed by atoms with Crippen molar-refractivity contribution >= 4 is 34.2 Å². The highest BCUT2D eigenvalue weighted by molar-refractivity contribution is 5.97. The third kappa shape index (κ3) is 17.1. The maximum atomic E-state index is 10.7. The van der Waals surface area contributed by atoms with Crippen LogP contribution >= 0.6 is 0 Å². The Morgan fingerprint density at radius 2 is 0.565 bits per heavy atom. The van der Waals surface area contributed by atoms with Crippen LogP contribution in [-0.4, -0.2) is 304 Å². The lowest BCUT2D eigenvalue weighted by Gasteiger charge is -2.39. The number of aliphatic hydroxyl groups is 16. The van der Waals surface area contributed by atoms with Crippen molar-refractivity contribution in [1.29, 1.82) is 0 Å². The van der Waals surface area contributed by atoms with E-state index in [4.69, 9.17) is 66.8 Å². The van der Waals surface area contributed by atoms with Crippen molar-refractivity contribution in [3.05, 3.63) is 144 Å². The highest BCUT2D eigenvalue weighted by atomic mass is 16.7. The molecule has 8 bridgehead atoms. The van der Waals surface area contributed by atoms with E-state index in [1.54, 1.807) is 24.3 Å². The molecule has 4 aromatic carbocycles. The molecule has 32 nitrogen and oxygen atoms in total. The summed E-state index contributed by atoms with van der Waals surface area (Å²) in [5.41, 5.74) is 10.2. The van der Waals surface area contributed by atoms with Crippen molar-refractivity contribution in [2.24, 2.45) is 0 Å². The zero-order valence-corrected chi connectivity index (χ0v) is 58.1. The summed E-state index contributed by atoms with van der Waals surface area (Å²) < 4.78 is 70.3. The van der Waals surface area contributed by atoms with Crippen molar-refractivity contribution < 1.29 is 139 Å². The topological polar surface area (TPSA) is 492 Å². The third-order valence-electron chi connectivity index (χ3n) is 19.5. The minimum absolute atomic E-state index is 0.0597. The van der Waals surface area contributed by atoms with Gasteiger partial charge in [-0.25, -0.2) is 4.98 Å². The predicted molar refractivity (Wildman–Crippen MR) is 380 cm³/mol. The van der Waals surface area contributed by atoms with E-state index in [0.29, 0.717) is 125 Å². The number of H-pyrrole nitrogens is 2. The van der Waals surface area contributed by atoms with Crippen LogP contribution in [0.4, 0.5) is 0 Å². The molecule has 9 heterocycles. The zero-order valence-electron chi connectivity index (χ0n) is 58.1. The second kappa shape index (κ2) is 35.3. The largest absolute Gasteiger partial charge is 0.491 e. The Hall–Kier alpha value is -8.02. The van der Waals surface area contributed by atoms with Gasteiger partial charge in [-0.3, -0.25) is 4.98 Å². The van der Waals surface area contributed by atoms with Gasteiger partial charge in [-0.05, 0) is 120 Å². The van der Waals surface area contributed by atoms with Gasteiger partial charge in [0.05, 0.1) is 75.6 Å². The smallest absolute Gasteiger partial charge is 0.186 e. The van der Waals surface area contributed by atoms with Gasteiger partial charge in [-0.15, -0.1) is 0 Å². The van der Waals surface area contributed by atoms with Crippen molar-refractivity contribution in [3.63, 3.8) is 0 Å². The molecule has 13 rings (SSSR count). The Balaban J connectivity index is 0.908. The molecule has 4 saturated heterocycles. The van der Waals surface area contributed by atoms with Crippen LogP contribution in [0.25, 0.3) is 78.7 Å². The van der Waals surface area contributed by atoms with Crippen LogP contribution in [0.3, 0.4) is 0 Å². The lowest BCUT2D eigenvalue weighted by atomic mass is 9.99. The number of nitrogens with zero attached hydrogens (tertiary/aromatic N) is 2. The van der Waals surface area contributed by atoms with E-state index < -0.39 is 149 Å². The van der Waals surface area contributed by atoms with E-state index in [1.165, 1.54) is 0 Å². The van der Waals surface area contributed by atoms with Gasteiger partial charge in [0.1, 0.15) is 147 Å². The molecule has 20 atom stereocenters. The maximum Gasteiger partial charge on any atom is 0.186 e. The molecule has 32 heteroatoms. The van der Waals surface area contributed by atoms with Crippen LogP contribution in [0, 0.1) is 0 Å². The molecule has 0 spiro atoms. The van der Waals surface area contributed by atoms with E-state index in [0.717, 1.165) is 0 Å². The minimum atomic E-state index is -1.64. The number of aromatic amines is 2. The molecule has 108 heavy (non-hydrogen) atoms. The number of aryl methyl sites for hydroxylation is 2. The molecule has 3 aromatic heterocycles. The minimum Gasteiger partial charge on any atom is -0.491 e. The first-order chi connectivity index (χ1) is 52.3. The van der Waals surface area contributed by atoms with Crippen LogP contribution in [0.1, 0.15) is 22.8 Å². The average molecular weight is 1510 g/mol. The van der Waals surface area contributed by atoms with Crippen molar-refractivity contribution in [2.45, 2.75) is 136 Å². The molecule has 0 saturated carbocycles. The Morgan fingerprint density at radius 3 is 0.833 bits per heavy atom. The van der Waals surface area contributed by atoms with Gasteiger partial charge < -0.3 is 149 Å². The van der Waals surface area contributed by atoms with Crippen LogP contribution in [0.15, 0.2) is 121 Å². The fourth-order valence-corrected chi connectivity index (χ4v) is 13.8. The second-order valence-corrected chi connectivity index (χ2v) is 26.6. The maximum absolute atomic E-state index is 10.7. The molecule has 7 aromatic rings. The van der Waals surface area contributed by atoms with E-state index in [1.807, 2.05) is 109 Å². The van der Waals surface area contributed by atoms with E-state index in [-0.39, 0.29) is 52.9 Å². The van der Waals surface area contributed by atoms with E-state index in [2.05, 4.69) is 9.97 Å². The van der Waals surface area contributed by atoms with Crippen molar-refractivity contribution in [2.75, 3.05) is 79.3 Å². The normalized spacial score (nSPS) is 29.3. The number of fused-ring (bicyclic) bond motifs is 8. The van der Waals surface area contributed by atoms with Gasteiger partial charge in [0.15, 0.2) is 25.2 Å². The van der Waals surface area contributed by atoms with Crippen LogP contribution in [0.5, 0.6) is 23.0 Å². The molecule has 0 radical (unpaired) electrons. The van der Waals surface area contributed by atoms with Gasteiger partial charge in [-0.2, -0.15) is 0 Å². The summed E-state index contributed by atoms with van der Waals surface area (Å²) in [4.78, 5) is 18.5. The van der Waals surface area contributed by atoms with Gasteiger partial charge >= 0.3 is 0 Å². The Labute approximate surface area is 616 Å². The highest BCUT2D eigenvalue weighted by Crippen LogP contribution is 2.41. The third-order valence-corrected chi connectivity index (χ3v) is 19.5. The number of aliphatic hydroxyl groups excluding tert-OH is 16. The molecule has 6 aliphatic rings. The number of nitrogens with one attached hydrogen (secondary N) is 2. The summed E-state index contributed by atoms with van der Waals surface area (Å²) in [6.07, 6.45) is -24.9. The first-order valence-electron chi connectivity index (χ1n) is 35.4. The number of benzene rings is 4. The number of aromatic nitrogens is 4. The van der Waals surface area contributed by atoms with Gasteiger partial charge in [0, 0.05) is 44.3 Å². The van der Waals surface area contributed by atoms with Crippen LogP contribution < -0.4 is 18.9 Å². The lowest BCUT2D eigenvalue weighted by molar-refractivity contribution is -0.301. The summed E-state index contributed by atoms with van der Waals surface area (Å²) in [6.45, 7) is -3.34. The fourth-order valence-electron chi connectivity index (χ4n) is 13.8. The molecule has 0 unspecified atom stereocenters. The number of hydrogen-bond donors (Lipinski definition) is 18. The highest BCUT2D eigenvalue weighted by Gasteiger charge is 2.47. The molecule has 0 amide bonds. The molecule has 4 fully saturated rings. The van der Waals surface area contributed by atoms with Crippen molar-refractivity contribution in [3.8, 4) is 67.5 Å². The summed E-state index contributed by atoms with van der Waals surface area (Å²) in [5, 5.41) is 165. The van der Waals surface area contributed by atoms with Crippen molar-refractivity contribution in [1.82, 2.24) is 19.9 Å². The quantitative estimate of drug-likeness (QED) is 0.0280. The summed E-state index contributed by atoms with van der Waals surface area (Å²) in [5.74, 6) is 1.64. The van der Waals surface area contributed by atoms with Gasteiger partial charge in [0.2, 0.25) is 0 Å². The van der Waals surface area contributed by atoms with Crippen LogP contribution in [-0.2, 0) is 50.7 Å². The van der Waals surface area contributed by atoms with Gasteiger partial charge in [-0.1, -0.05) is 48.5 Å². The predicted octanol–water partition coefficient (Wildman–Crippen LogP) is -0.280. The number of hydrogen-bond acceptors (Lipinski definition) is 30. The molecular weight excluding hydrogens is 1420 g/mol. The standard InChI is InChI=1S/C76H88N4O28/c81-33-53-61(85)65(89)69(93)73(105-53)101-25-21-97-41-9-1-5-37(29-41)57-45-13-15-47(77-45)58(38-6-2-10-42(30-38)98-22-26-102-74-70(94)66(90)62(86)54(34-82)106-74)49-17-19-51(79-49)60(40-8-4-12-44(32-40)100-24-28-104-76-72(96)68(92)64(88)56(36-84)108-76)52-20-18-50(80-52)59(48-16-14-46(57)78-48)39-7-3-11-43(31-39)99-23-27-103-75-71(95)67(91)63(87)55(35-83)107-75/h1-17,19,29-32,53-56,61-76,78-79,81-96H,18,20-28,33-36H2/t53-,54-,55-,56-,61-,62-,63-,64-,65+,66+,67+,68+,69-,70-,71-,72-,73-,74-,75-,76-/m1/s1. The molecular formula is C76H88N4O28. The second-order valence-electron chi connectivity index (χ2n) is 26.6. The summed E-state index contributed by atoms with van der Waals surface area (Å²) in [7, 11) is 0. The fraction of sp³-hybridized carbons (Fsp3) is 0.447. The molecule has 18 N–H and O–H groups in total.